The first-order valence-electron chi connectivity index (χ1n) is 9.17. The number of thiophene rings is 1. The van der Waals surface area contributed by atoms with Gasteiger partial charge in [0.2, 0.25) is 0 Å². The molecule has 0 radical (unpaired) electrons. The lowest BCUT2D eigenvalue weighted by molar-refractivity contribution is 0.287. The molecule has 1 aliphatic heterocycles. The summed E-state index contributed by atoms with van der Waals surface area (Å²) in [5.74, 6) is 3.49. The first kappa shape index (κ1) is 18.0. The Kier molecular flexibility index (Phi) is 5.40. The van der Waals surface area contributed by atoms with Crippen LogP contribution in [0.3, 0.4) is 0 Å². The molecule has 1 N–H and O–H groups in total. The SMILES string of the molecule is COc1cc(CNC2CCc3nc(C)nn3C2)ccc1OCc1cccs1. The molecule has 0 amide bonds. The molecular weight excluding hydrogens is 360 g/mol. The second kappa shape index (κ2) is 8.10. The lowest BCUT2D eigenvalue weighted by Gasteiger charge is -2.23. The van der Waals surface area contributed by atoms with Gasteiger partial charge in [0.1, 0.15) is 18.3 Å². The molecule has 1 aromatic carbocycles. The van der Waals surface area contributed by atoms with E-state index < -0.39 is 0 Å². The van der Waals surface area contributed by atoms with E-state index in [9.17, 15) is 0 Å². The third kappa shape index (κ3) is 4.31. The van der Waals surface area contributed by atoms with Gasteiger partial charge in [-0.1, -0.05) is 12.1 Å². The summed E-state index contributed by atoms with van der Waals surface area (Å²) < 4.78 is 13.5. The van der Waals surface area contributed by atoms with Gasteiger partial charge in [-0.05, 0) is 42.5 Å². The second-order valence-corrected chi connectivity index (χ2v) is 7.76. The Bertz CT molecular complexity index is 892. The molecule has 0 spiro atoms. The zero-order chi connectivity index (χ0) is 18.6. The summed E-state index contributed by atoms with van der Waals surface area (Å²) >= 11 is 1.69. The first-order chi connectivity index (χ1) is 13.2. The highest BCUT2D eigenvalue weighted by Crippen LogP contribution is 2.29. The fraction of sp³-hybridized carbons (Fsp3) is 0.400. The Hall–Kier alpha value is -2.38. The molecule has 3 heterocycles. The van der Waals surface area contributed by atoms with Crippen molar-refractivity contribution < 1.29 is 9.47 Å². The predicted octanol–water partition coefficient (Wildman–Crippen LogP) is 3.34. The maximum absolute atomic E-state index is 5.91. The average Bonchev–Trinajstić information content (AvgIpc) is 3.33. The summed E-state index contributed by atoms with van der Waals surface area (Å²) in [6.07, 6.45) is 2.05. The van der Waals surface area contributed by atoms with Gasteiger partial charge in [-0.15, -0.1) is 11.3 Å². The number of hydrogen-bond acceptors (Lipinski definition) is 6. The first-order valence-corrected chi connectivity index (χ1v) is 10.0. The number of benzene rings is 1. The van der Waals surface area contributed by atoms with Crippen LogP contribution in [0.15, 0.2) is 35.7 Å². The van der Waals surface area contributed by atoms with Crippen molar-refractivity contribution in [2.45, 2.75) is 45.5 Å². The highest BCUT2D eigenvalue weighted by molar-refractivity contribution is 7.09. The van der Waals surface area contributed by atoms with E-state index in [0.717, 1.165) is 49.1 Å². The van der Waals surface area contributed by atoms with Crippen LogP contribution in [0.1, 0.15) is 28.5 Å². The van der Waals surface area contributed by atoms with Gasteiger partial charge < -0.3 is 14.8 Å². The van der Waals surface area contributed by atoms with E-state index in [0.29, 0.717) is 12.6 Å². The van der Waals surface area contributed by atoms with E-state index in [1.807, 2.05) is 29.8 Å². The van der Waals surface area contributed by atoms with E-state index in [1.54, 1.807) is 18.4 Å². The number of methoxy groups -OCH3 is 1. The van der Waals surface area contributed by atoms with Gasteiger partial charge in [0, 0.05) is 23.9 Å². The molecule has 0 saturated heterocycles. The lowest BCUT2D eigenvalue weighted by atomic mass is 10.1. The van der Waals surface area contributed by atoms with Crippen molar-refractivity contribution >= 4 is 11.3 Å². The molecule has 0 bridgehead atoms. The van der Waals surface area contributed by atoms with Crippen LogP contribution in [-0.2, 0) is 26.1 Å². The Morgan fingerprint density at radius 2 is 2.22 bits per heavy atom. The summed E-state index contributed by atoms with van der Waals surface area (Å²) in [5.41, 5.74) is 1.18. The molecule has 1 atom stereocenters. The number of ether oxygens (including phenoxy) is 2. The zero-order valence-electron chi connectivity index (χ0n) is 15.6. The van der Waals surface area contributed by atoms with Gasteiger partial charge in [-0.25, -0.2) is 9.67 Å². The molecule has 0 fully saturated rings. The standard InChI is InChI=1S/C20H24N4O2S/c1-14-22-20-8-6-16(12-24(20)23-14)21-11-15-5-7-18(19(10-15)25-2)26-13-17-4-3-9-27-17/h3-5,7,9-10,16,21H,6,8,11-13H2,1-2H3. The van der Waals surface area contributed by atoms with Gasteiger partial charge in [0.15, 0.2) is 11.5 Å². The highest BCUT2D eigenvalue weighted by atomic mass is 32.1. The van der Waals surface area contributed by atoms with Crippen molar-refractivity contribution in [2.24, 2.45) is 0 Å². The number of hydrogen-bond donors (Lipinski definition) is 1. The average molecular weight is 385 g/mol. The van der Waals surface area contributed by atoms with E-state index in [4.69, 9.17) is 9.47 Å². The normalized spacial score (nSPS) is 16.1. The van der Waals surface area contributed by atoms with E-state index in [-0.39, 0.29) is 0 Å². The molecule has 0 aliphatic carbocycles. The predicted molar refractivity (Wildman–Crippen MR) is 105 cm³/mol. The van der Waals surface area contributed by atoms with Crippen molar-refractivity contribution in [2.75, 3.05) is 7.11 Å². The minimum absolute atomic E-state index is 0.402. The zero-order valence-corrected chi connectivity index (χ0v) is 16.5. The van der Waals surface area contributed by atoms with Crippen molar-refractivity contribution in [3.05, 3.63) is 57.8 Å². The molecule has 0 saturated carbocycles. The fourth-order valence-corrected chi connectivity index (χ4v) is 3.96. The maximum atomic E-state index is 5.91. The molecule has 6 nitrogen and oxygen atoms in total. The van der Waals surface area contributed by atoms with Crippen LogP contribution < -0.4 is 14.8 Å². The number of aryl methyl sites for hydroxylation is 2. The number of nitrogens with one attached hydrogen (secondary N) is 1. The van der Waals surface area contributed by atoms with Gasteiger partial charge in [-0.3, -0.25) is 0 Å². The van der Waals surface area contributed by atoms with Gasteiger partial charge in [0.05, 0.1) is 13.7 Å². The molecule has 1 unspecified atom stereocenters. The third-order valence-electron chi connectivity index (χ3n) is 4.74. The number of fused-ring (bicyclic) bond motifs is 1. The molecule has 3 aromatic rings. The summed E-state index contributed by atoms with van der Waals surface area (Å²) in [5, 5.41) is 10.2. The minimum atomic E-state index is 0.402. The molecule has 1 aliphatic rings. The Morgan fingerprint density at radius 1 is 1.30 bits per heavy atom. The van der Waals surface area contributed by atoms with Crippen molar-refractivity contribution in [3.8, 4) is 11.5 Å². The summed E-state index contributed by atoms with van der Waals surface area (Å²) in [7, 11) is 1.68. The number of nitrogens with zero attached hydrogens (tertiary/aromatic N) is 3. The number of rotatable bonds is 7. The second-order valence-electron chi connectivity index (χ2n) is 6.73. The van der Waals surface area contributed by atoms with Crippen molar-refractivity contribution in [1.82, 2.24) is 20.1 Å². The Balaban J connectivity index is 1.35. The highest BCUT2D eigenvalue weighted by Gasteiger charge is 2.20. The largest absolute Gasteiger partial charge is 0.493 e. The molecular formula is C20H24N4O2S. The minimum Gasteiger partial charge on any atom is -0.493 e. The van der Waals surface area contributed by atoms with Crippen LogP contribution in [0.4, 0.5) is 0 Å². The van der Waals surface area contributed by atoms with Gasteiger partial charge in [-0.2, -0.15) is 5.10 Å². The molecule has 142 valence electrons. The van der Waals surface area contributed by atoms with Crippen molar-refractivity contribution in [3.63, 3.8) is 0 Å². The van der Waals surface area contributed by atoms with E-state index in [2.05, 4.69) is 32.9 Å². The van der Waals surface area contributed by atoms with Crippen LogP contribution in [0.2, 0.25) is 0 Å². The third-order valence-corrected chi connectivity index (χ3v) is 5.59. The Morgan fingerprint density at radius 3 is 3.04 bits per heavy atom. The topological polar surface area (TPSA) is 61.2 Å². The summed E-state index contributed by atoms with van der Waals surface area (Å²) in [4.78, 5) is 5.66. The smallest absolute Gasteiger partial charge is 0.161 e. The molecule has 2 aromatic heterocycles. The molecule has 7 heteroatoms. The summed E-state index contributed by atoms with van der Waals surface area (Å²) in [6, 6.07) is 10.6. The molecule has 27 heavy (non-hydrogen) atoms. The monoisotopic (exact) mass is 384 g/mol. The van der Waals surface area contributed by atoms with Crippen LogP contribution in [0.5, 0.6) is 11.5 Å². The van der Waals surface area contributed by atoms with E-state index >= 15 is 0 Å². The van der Waals surface area contributed by atoms with Crippen LogP contribution in [0, 0.1) is 6.92 Å². The van der Waals surface area contributed by atoms with Crippen LogP contribution in [0.25, 0.3) is 0 Å². The van der Waals surface area contributed by atoms with Crippen LogP contribution in [-0.4, -0.2) is 27.9 Å². The van der Waals surface area contributed by atoms with E-state index in [1.165, 1.54) is 10.4 Å². The molecule has 4 rings (SSSR count). The van der Waals surface area contributed by atoms with Crippen LogP contribution >= 0.6 is 11.3 Å². The van der Waals surface area contributed by atoms with Gasteiger partial charge in [0.25, 0.3) is 0 Å². The lowest BCUT2D eigenvalue weighted by Crippen LogP contribution is -2.37. The maximum Gasteiger partial charge on any atom is 0.161 e. The number of aromatic nitrogens is 3. The van der Waals surface area contributed by atoms with Gasteiger partial charge >= 0.3 is 0 Å². The fourth-order valence-electron chi connectivity index (χ4n) is 3.35. The summed E-state index contributed by atoms with van der Waals surface area (Å²) in [6.45, 7) is 4.17. The Labute approximate surface area is 163 Å². The quantitative estimate of drug-likeness (QED) is 0.677. The van der Waals surface area contributed by atoms with Crippen molar-refractivity contribution in [1.29, 1.82) is 0 Å².